The van der Waals surface area contributed by atoms with Crippen LogP contribution in [0.3, 0.4) is 0 Å². The van der Waals surface area contributed by atoms with Crippen LogP contribution in [0, 0.1) is 11.3 Å². The molecule has 0 aromatic heterocycles. The fourth-order valence-electron chi connectivity index (χ4n) is 2.69. The van der Waals surface area contributed by atoms with Gasteiger partial charge in [-0.1, -0.05) is 64.5 Å². The van der Waals surface area contributed by atoms with Gasteiger partial charge in [-0.05, 0) is 41.5 Å². The fourth-order valence-corrected chi connectivity index (χ4v) is 3.13. The maximum Gasteiger partial charge on any atom is 0.266 e. The lowest BCUT2D eigenvalue weighted by atomic mass is 10.1. The Balaban J connectivity index is 1.82. The van der Waals surface area contributed by atoms with Crippen LogP contribution >= 0.6 is 15.9 Å². The molecule has 3 aromatic carbocycles. The Morgan fingerprint density at radius 3 is 2.37 bits per heavy atom. The van der Waals surface area contributed by atoms with E-state index in [2.05, 4.69) is 21.2 Å². The molecule has 0 saturated carbocycles. The molecule has 6 heteroatoms. The second-order valence-corrected chi connectivity index (χ2v) is 7.14. The largest absolute Gasteiger partial charge is 0.493 e. The zero-order valence-corrected chi connectivity index (χ0v) is 17.8. The van der Waals surface area contributed by atoms with Crippen molar-refractivity contribution < 1.29 is 14.3 Å². The number of hydrogen-bond donors (Lipinski definition) is 1. The summed E-state index contributed by atoms with van der Waals surface area (Å²) in [5.74, 6) is 0.567. The molecule has 0 fully saturated rings. The van der Waals surface area contributed by atoms with E-state index in [1.807, 2.05) is 42.5 Å². The van der Waals surface area contributed by atoms with E-state index >= 15 is 0 Å². The van der Waals surface area contributed by atoms with Crippen LogP contribution in [0.1, 0.15) is 11.1 Å². The van der Waals surface area contributed by atoms with Crippen molar-refractivity contribution in [3.05, 3.63) is 94.0 Å². The molecule has 0 bridgehead atoms. The summed E-state index contributed by atoms with van der Waals surface area (Å²) in [6.07, 6.45) is 1.51. The Labute approximate surface area is 183 Å². The van der Waals surface area contributed by atoms with E-state index in [1.54, 1.807) is 43.5 Å². The Hall–Kier alpha value is -3.56. The minimum absolute atomic E-state index is 0.0282. The highest BCUT2D eigenvalue weighted by molar-refractivity contribution is 9.10. The Morgan fingerprint density at radius 1 is 1.07 bits per heavy atom. The quantitative estimate of drug-likeness (QED) is 0.367. The molecule has 5 nitrogen and oxygen atoms in total. The minimum atomic E-state index is -0.487. The summed E-state index contributed by atoms with van der Waals surface area (Å²) in [5.41, 5.74) is 2.24. The van der Waals surface area contributed by atoms with Crippen LogP contribution in [0.2, 0.25) is 0 Å². The molecule has 150 valence electrons. The molecule has 0 spiro atoms. The van der Waals surface area contributed by atoms with E-state index in [0.29, 0.717) is 33.8 Å². The summed E-state index contributed by atoms with van der Waals surface area (Å²) in [5, 5.41) is 12.2. The molecular weight excluding hydrogens is 444 g/mol. The van der Waals surface area contributed by atoms with E-state index < -0.39 is 5.91 Å². The van der Waals surface area contributed by atoms with Crippen LogP contribution in [0.15, 0.2) is 82.8 Å². The zero-order valence-electron chi connectivity index (χ0n) is 16.3. The van der Waals surface area contributed by atoms with E-state index in [9.17, 15) is 10.1 Å². The normalized spacial score (nSPS) is 10.8. The lowest BCUT2D eigenvalue weighted by Crippen LogP contribution is -2.13. The SMILES string of the molecule is COc1cc(C=C(C#N)C(=O)Nc2ccccc2)c(Br)cc1OCc1ccccc1. The van der Waals surface area contributed by atoms with E-state index in [-0.39, 0.29) is 5.57 Å². The smallest absolute Gasteiger partial charge is 0.266 e. The van der Waals surface area contributed by atoms with Crippen LogP contribution < -0.4 is 14.8 Å². The predicted molar refractivity (Wildman–Crippen MR) is 120 cm³/mol. The third kappa shape index (κ3) is 5.49. The first-order valence-corrected chi connectivity index (χ1v) is 9.92. The molecule has 0 saturated heterocycles. The molecule has 1 amide bonds. The molecule has 0 radical (unpaired) electrons. The van der Waals surface area contributed by atoms with Gasteiger partial charge in [0.15, 0.2) is 11.5 Å². The molecule has 0 heterocycles. The summed E-state index contributed by atoms with van der Waals surface area (Å²) < 4.78 is 12.0. The van der Waals surface area contributed by atoms with Crippen LogP contribution in [-0.2, 0) is 11.4 Å². The molecular formula is C24H19BrN2O3. The minimum Gasteiger partial charge on any atom is -0.493 e. The monoisotopic (exact) mass is 462 g/mol. The first-order chi connectivity index (χ1) is 14.6. The zero-order chi connectivity index (χ0) is 21.3. The van der Waals surface area contributed by atoms with Gasteiger partial charge in [0.25, 0.3) is 5.91 Å². The number of nitriles is 1. The van der Waals surface area contributed by atoms with Gasteiger partial charge in [0.1, 0.15) is 18.2 Å². The van der Waals surface area contributed by atoms with Crippen molar-refractivity contribution in [2.45, 2.75) is 6.61 Å². The van der Waals surface area contributed by atoms with Gasteiger partial charge in [0, 0.05) is 10.2 Å². The second-order valence-electron chi connectivity index (χ2n) is 6.29. The Bertz CT molecular complexity index is 1090. The van der Waals surface area contributed by atoms with E-state index in [4.69, 9.17) is 9.47 Å². The standard InChI is InChI=1S/C24H19BrN2O3/c1-29-22-13-18(12-19(15-26)24(28)27-20-10-6-3-7-11-20)21(25)14-23(22)30-16-17-8-4-2-5-9-17/h2-14H,16H2,1H3,(H,27,28). The number of para-hydroxylation sites is 1. The molecule has 3 aromatic rings. The number of hydrogen-bond acceptors (Lipinski definition) is 4. The van der Waals surface area contributed by atoms with Crippen LogP contribution in [0.4, 0.5) is 5.69 Å². The molecule has 1 N–H and O–H groups in total. The summed E-state index contributed by atoms with van der Waals surface area (Å²) in [6, 6.07) is 24.2. The second kappa shape index (κ2) is 10.3. The number of benzene rings is 3. The van der Waals surface area contributed by atoms with Gasteiger partial charge in [-0.2, -0.15) is 5.26 Å². The van der Waals surface area contributed by atoms with Gasteiger partial charge in [-0.15, -0.1) is 0 Å². The van der Waals surface area contributed by atoms with E-state index in [1.165, 1.54) is 6.08 Å². The number of nitrogens with zero attached hydrogens (tertiary/aromatic N) is 1. The first kappa shape index (κ1) is 21.2. The molecule has 30 heavy (non-hydrogen) atoms. The van der Waals surface area contributed by atoms with Gasteiger partial charge in [-0.3, -0.25) is 4.79 Å². The first-order valence-electron chi connectivity index (χ1n) is 9.13. The number of carbonyl (C=O) groups is 1. The molecule has 0 atom stereocenters. The van der Waals surface area contributed by atoms with Crippen molar-refractivity contribution >= 4 is 33.6 Å². The molecule has 0 unspecified atom stereocenters. The molecule has 3 rings (SSSR count). The van der Waals surface area contributed by atoms with Crippen molar-refractivity contribution in [3.8, 4) is 17.6 Å². The molecule has 0 aliphatic rings. The number of methoxy groups -OCH3 is 1. The highest BCUT2D eigenvalue weighted by Gasteiger charge is 2.14. The molecule has 0 aliphatic heterocycles. The summed E-state index contributed by atoms with van der Waals surface area (Å²) in [6.45, 7) is 0.391. The number of rotatable bonds is 7. The van der Waals surface area contributed by atoms with Gasteiger partial charge >= 0.3 is 0 Å². The third-order valence-electron chi connectivity index (χ3n) is 4.22. The van der Waals surface area contributed by atoms with Crippen LogP contribution in [0.25, 0.3) is 6.08 Å². The summed E-state index contributed by atoms with van der Waals surface area (Å²) in [4.78, 5) is 12.5. The lowest BCUT2D eigenvalue weighted by Gasteiger charge is -2.13. The predicted octanol–water partition coefficient (Wildman–Crippen LogP) is 5.58. The number of ether oxygens (including phenoxy) is 2. The number of carbonyl (C=O) groups excluding carboxylic acids is 1. The fraction of sp³-hybridized carbons (Fsp3) is 0.0833. The van der Waals surface area contributed by atoms with Crippen molar-refractivity contribution in [1.82, 2.24) is 0 Å². The van der Waals surface area contributed by atoms with Crippen LogP contribution in [0.5, 0.6) is 11.5 Å². The van der Waals surface area contributed by atoms with Gasteiger partial charge in [0.2, 0.25) is 0 Å². The lowest BCUT2D eigenvalue weighted by molar-refractivity contribution is -0.112. The topological polar surface area (TPSA) is 71.3 Å². The molecule has 0 aliphatic carbocycles. The van der Waals surface area contributed by atoms with Crippen molar-refractivity contribution in [3.63, 3.8) is 0 Å². The van der Waals surface area contributed by atoms with Gasteiger partial charge < -0.3 is 14.8 Å². The van der Waals surface area contributed by atoms with Crippen molar-refractivity contribution in [1.29, 1.82) is 5.26 Å². The van der Waals surface area contributed by atoms with Gasteiger partial charge in [-0.25, -0.2) is 0 Å². The average molecular weight is 463 g/mol. The van der Waals surface area contributed by atoms with Crippen LogP contribution in [-0.4, -0.2) is 13.0 Å². The highest BCUT2D eigenvalue weighted by Crippen LogP contribution is 2.35. The number of nitrogens with one attached hydrogen (secondary N) is 1. The number of halogens is 1. The highest BCUT2D eigenvalue weighted by atomic mass is 79.9. The van der Waals surface area contributed by atoms with Crippen molar-refractivity contribution in [2.75, 3.05) is 12.4 Å². The van der Waals surface area contributed by atoms with Crippen molar-refractivity contribution in [2.24, 2.45) is 0 Å². The summed E-state index contributed by atoms with van der Waals surface area (Å²) in [7, 11) is 1.54. The number of amides is 1. The summed E-state index contributed by atoms with van der Waals surface area (Å²) >= 11 is 3.49. The maximum absolute atomic E-state index is 12.5. The van der Waals surface area contributed by atoms with E-state index in [0.717, 1.165) is 5.56 Å². The third-order valence-corrected chi connectivity index (χ3v) is 4.90. The number of anilines is 1. The maximum atomic E-state index is 12.5. The Morgan fingerprint density at radius 2 is 1.73 bits per heavy atom. The van der Waals surface area contributed by atoms with Gasteiger partial charge in [0.05, 0.1) is 7.11 Å². The Kier molecular flexibility index (Phi) is 7.25. The average Bonchev–Trinajstić information content (AvgIpc) is 2.78.